The zero-order valence-electron chi connectivity index (χ0n) is 14.3. The van der Waals surface area contributed by atoms with Crippen LogP contribution in [0.15, 0.2) is 18.2 Å². The molecule has 0 saturated carbocycles. The molecule has 0 unspecified atom stereocenters. The minimum absolute atomic E-state index is 0.0730. The lowest BCUT2D eigenvalue weighted by Crippen LogP contribution is -2.70. The SMILES string of the molecule is Cc1cc([C@H](C)NC2NC(=O)N(C3CCOCC3)C(=O)N2)ccc1Cl. The van der Waals surface area contributed by atoms with Crippen molar-refractivity contribution in [3.63, 3.8) is 0 Å². The molecular formula is C17H23ClN4O3. The average Bonchev–Trinajstić information content (AvgIpc) is 2.57. The summed E-state index contributed by atoms with van der Waals surface area (Å²) < 4.78 is 5.29. The summed E-state index contributed by atoms with van der Waals surface area (Å²) in [7, 11) is 0. The number of imide groups is 1. The number of urea groups is 2. The molecule has 8 heteroatoms. The summed E-state index contributed by atoms with van der Waals surface area (Å²) in [5.41, 5.74) is 2.01. The van der Waals surface area contributed by atoms with Crippen molar-refractivity contribution >= 4 is 23.7 Å². The molecular weight excluding hydrogens is 344 g/mol. The van der Waals surface area contributed by atoms with Gasteiger partial charge in [0, 0.05) is 30.3 Å². The van der Waals surface area contributed by atoms with Crippen LogP contribution in [0.3, 0.4) is 0 Å². The number of amides is 4. The number of hydrogen-bond donors (Lipinski definition) is 3. The van der Waals surface area contributed by atoms with Gasteiger partial charge in [0.1, 0.15) is 0 Å². The first kappa shape index (κ1) is 18.0. The van der Waals surface area contributed by atoms with Crippen molar-refractivity contribution in [2.45, 2.75) is 45.1 Å². The van der Waals surface area contributed by atoms with Gasteiger partial charge in [-0.3, -0.25) is 5.32 Å². The Morgan fingerprint density at radius 3 is 2.48 bits per heavy atom. The number of benzene rings is 1. The molecule has 7 nitrogen and oxygen atoms in total. The number of aryl methyl sites for hydroxylation is 1. The Labute approximate surface area is 152 Å². The average molecular weight is 367 g/mol. The van der Waals surface area contributed by atoms with E-state index in [1.54, 1.807) is 0 Å². The van der Waals surface area contributed by atoms with Crippen LogP contribution in [0.25, 0.3) is 0 Å². The van der Waals surface area contributed by atoms with E-state index in [0.717, 1.165) is 11.1 Å². The lowest BCUT2D eigenvalue weighted by Gasteiger charge is -2.39. The number of carbonyl (C=O) groups is 2. The first-order valence-electron chi connectivity index (χ1n) is 8.46. The monoisotopic (exact) mass is 366 g/mol. The molecule has 2 fully saturated rings. The maximum atomic E-state index is 12.4. The minimum Gasteiger partial charge on any atom is -0.381 e. The number of hydrogen-bond acceptors (Lipinski definition) is 4. The van der Waals surface area contributed by atoms with Gasteiger partial charge in [-0.25, -0.2) is 14.5 Å². The first-order valence-corrected chi connectivity index (χ1v) is 8.83. The van der Waals surface area contributed by atoms with E-state index in [4.69, 9.17) is 16.3 Å². The van der Waals surface area contributed by atoms with E-state index in [0.29, 0.717) is 31.1 Å². The van der Waals surface area contributed by atoms with Crippen molar-refractivity contribution < 1.29 is 14.3 Å². The van der Waals surface area contributed by atoms with Gasteiger partial charge < -0.3 is 15.4 Å². The van der Waals surface area contributed by atoms with Gasteiger partial charge in [0.25, 0.3) is 0 Å². The number of ether oxygens (including phenoxy) is 1. The Hall–Kier alpha value is -1.83. The number of carbonyl (C=O) groups excluding carboxylic acids is 2. The minimum atomic E-state index is -0.623. The highest BCUT2D eigenvalue weighted by Gasteiger charge is 2.37. The van der Waals surface area contributed by atoms with E-state index >= 15 is 0 Å². The quantitative estimate of drug-likeness (QED) is 0.764. The largest absolute Gasteiger partial charge is 0.381 e. The molecule has 4 amide bonds. The van der Waals surface area contributed by atoms with E-state index < -0.39 is 6.29 Å². The summed E-state index contributed by atoms with van der Waals surface area (Å²) in [5.74, 6) is 0. The number of nitrogens with one attached hydrogen (secondary N) is 3. The second-order valence-corrected chi connectivity index (χ2v) is 6.85. The predicted molar refractivity (Wildman–Crippen MR) is 94.3 cm³/mol. The fourth-order valence-corrected chi connectivity index (χ4v) is 3.27. The number of halogens is 1. The van der Waals surface area contributed by atoms with Gasteiger partial charge in [0.2, 0.25) is 0 Å². The van der Waals surface area contributed by atoms with E-state index in [1.165, 1.54) is 4.90 Å². The summed E-state index contributed by atoms with van der Waals surface area (Å²) in [5, 5.41) is 9.51. The molecule has 2 heterocycles. The Morgan fingerprint density at radius 1 is 1.24 bits per heavy atom. The van der Waals surface area contributed by atoms with Crippen LogP contribution in [0.4, 0.5) is 9.59 Å². The molecule has 136 valence electrons. The highest BCUT2D eigenvalue weighted by molar-refractivity contribution is 6.31. The molecule has 1 atom stereocenters. The van der Waals surface area contributed by atoms with E-state index in [1.807, 2.05) is 32.0 Å². The Bertz CT molecular complexity index is 645. The molecule has 1 aromatic carbocycles. The van der Waals surface area contributed by atoms with Crippen molar-refractivity contribution in [2.24, 2.45) is 0 Å². The lowest BCUT2D eigenvalue weighted by atomic mass is 10.1. The maximum Gasteiger partial charge on any atom is 0.328 e. The third-order valence-electron chi connectivity index (χ3n) is 4.63. The van der Waals surface area contributed by atoms with Gasteiger partial charge in [-0.1, -0.05) is 23.7 Å². The van der Waals surface area contributed by atoms with E-state index in [-0.39, 0.29) is 24.1 Å². The zero-order valence-corrected chi connectivity index (χ0v) is 15.1. The fourth-order valence-electron chi connectivity index (χ4n) is 3.16. The van der Waals surface area contributed by atoms with Crippen molar-refractivity contribution in [1.29, 1.82) is 0 Å². The van der Waals surface area contributed by atoms with E-state index in [2.05, 4.69) is 16.0 Å². The fraction of sp³-hybridized carbons (Fsp3) is 0.529. The second kappa shape index (κ2) is 7.59. The third kappa shape index (κ3) is 4.05. The maximum absolute atomic E-state index is 12.4. The summed E-state index contributed by atoms with van der Waals surface area (Å²) >= 11 is 6.06. The van der Waals surface area contributed by atoms with Gasteiger partial charge in [-0.05, 0) is 43.9 Å². The second-order valence-electron chi connectivity index (χ2n) is 6.44. The zero-order chi connectivity index (χ0) is 18.0. The highest BCUT2D eigenvalue weighted by Crippen LogP contribution is 2.21. The molecule has 0 spiro atoms. The normalized spacial score (nSPS) is 21.0. The molecule has 25 heavy (non-hydrogen) atoms. The Balaban J connectivity index is 1.62. The van der Waals surface area contributed by atoms with Gasteiger partial charge in [-0.2, -0.15) is 0 Å². The number of nitrogens with zero attached hydrogens (tertiary/aromatic N) is 1. The van der Waals surface area contributed by atoms with Gasteiger partial charge in [-0.15, -0.1) is 0 Å². The van der Waals surface area contributed by atoms with Crippen molar-refractivity contribution in [1.82, 2.24) is 20.9 Å². The summed E-state index contributed by atoms with van der Waals surface area (Å²) in [4.78, 5) is 26.0. The molecule has 2 saturated heterocycles. The molecule has 0 bridgehead atoms. The molecule has 0 aromatic heterocycles. The molecule has 3 rings (SSSR count). The molecule has 1 aromatic rings. The van der Waals surface area contributed by atoms with Crippen LogP contribution in [-0.4, -0.2) is 42.5 Å². The van der Waals surface area contributed by atoms with Crippen LogP contribution in [0.2, 0.25) is 5.02 Å². The van der Waals surface area contributed by atoms with Crippen LogP contribution in [-0.2, 0) is 4.74 Å². The summed E-state index contributed by atoms with van der Waals surface area (Å²) in [6.45, 7) is 5.03. The first-order chi connectivity index (χ1) is 12.0. The van der Waals surface area contributed by atoms with Crippen molar-refractivity contribution in [2.75, 3.05) is 13.2 Å². The van der Waals surface area contributed by atoms with Gasteiger partial charge in [0.05, 0.1) is 0 Å². The molecule has 0 aliphatic carbocycles. The lowest BCUT2D eigenvalue weighted by molar-refractivity contribution is 0.0492. The van der Waals surface area contributed by atoms with Crippen molar-refractivity contribution in [3.8, 4) is 0 Å². The number of rotatable bonds is 4. The van der Waals surface area contributed by atoms with Crippen LogP contribution in [0.1, 0.15) is 36.9 Å². The van der Waals surface area contributed by atoms with Crippen LogP contribution >= 0.6 is 11.6 Å². The van der Waals surface area contributed by atoms with Crippen LogP contribution in [0.5, 0.6) is 0 Å². The molecule has 2 aliphatic heterocycles. The van der Waals surface area contributed by atoms with Gasteiger partial charge >= 0.3 is 12.1 Å². The summed E-state index contributed by atoms with van der Waals surface area (Å²) in [6.07, 6.45) is 0.709. The highest BCUT2D eigenvalue weighted by atomic mass is 35.5. The van der Waals surface area contributed by atoms with E-state index in [9.17, 15) is 9.59 Å². The van der Waals surface area contributed by atoms with Crippen molar-refractivity contribution in [3.05, 3.63) is 34.3 Å². The molecule has 2 aliphatic rings. The molecule has 0 radical (unpaired) electrons. The van der Waals surface area contributed by atoms with Crippen LogP contribution in [0, 0.1) is 6.92 Å². The topological polar surface area (TPSA) is 82.7 Å². The molecule has 3 N–H and O–H groups in total. The Morgan fingerprint density at radius 2 is 1.88 bits per heavy atom. The van der Waals surface area contributed by atoms with Crippen LogP contribution < -0.4 is 16.0 Å². The third-order valence-corrected chi connectivity index (χ3v) is 5.05. The standard InChI is InChI=1S/C17H23ClN4O3/c1-10-9-12(3-4-14(10)18)11(2)19-15-20-16(23)22(17(24)21-15)13-5-7-25-8-6-13/h3-4,9,11,13,15,19H,5-8H2,1-2H3,(H,20,23)(H,21,24)/t11-/m0/s1. The Kier molecular flexibility index (Phi) is 5.46. The summed E-state index contributed by atoms with van der Waals surface area (Å²) in [6, 6.07) is 4.80. The van der Waals surface area contributed by atoms with Gasteiger partial charge in [0.15, 0.2) is 6.29 Å². The smallest absolute Gasteiger partial charge is 0.328 e. The predicted octanol–water partition coefficient (Wildman–Crippen LogP) is 2.50.